The summed E-state index contributed by atoms with van der Waals surface area (Å²) in [6.07, 6.45) is 0. The fraction of sp³-hybridized carbons (Fsp3) is 0.235. The van der Waals surface area contributed by atoms with E-state index in [-0.39, 0.29) is 5.91 Å². The Morgan fingerprint density at radius 1 is 1.10 bits per heavy atom. The molecule has 0 spiro atoms. The third-order valence-corrected chi connectivity index (χ3v) is 3.87. The number of hydrogen-bond donors (Lipinski definition) is 1. The highest BCUT2D eigenvalue weighted by Crippen LogP contribution is 2.32. The van der Waals surface area contributed by atoms with Gasteiger partial charge in [0.2, 0.25) is 0 Å². The summed E-state index contributed by atoms with van der Waals surface area (Å²) in [4.78, 5) is 15.9. The molecule has 108 valence electrons. The molecule has 0 atom stereocenters. The van der Waals surface area contributed by atoms with Gasteiger partial charge >= 0.3 is 0 Å². The van der Waals surface area contributed by atoms with Crippen LogP contribution in [-0.2, 0) is 13.1 Å². The molecule has 0 fully saturated rings. The molecule has 1 aliphatic rings. The van der Waals surface area contributed by atoms with Gasteiger partial charge in [-0.05, 0) is 29.3 Å². The lowest BCUT2D eigenvalue weighted by Crippen LogP contribution is -2.23. The smallest absolute Gasteiger partial charge is 0.253 e. The Balaban J connectivity index is 1.93. The van der Waals surface area contributed by atoms with Crippen LogP contribution in [0.4, 0.5) is 11.4 Å². The third-order valence-electron chi connectivity index (χ3n) is 3.87. The normalized spacial score (nSPS) is 13.1. The van der Waals surface area contributed by atoms with Crippen molar-refractivity contribution in [3.8, 4) is 0 Å². The minimum atomic E-state index is -0.00652. The van der Waals surface area contributed by atoms with Crippen LogP contribution in [0, 0.1) is 0 Å². The zero-order valence-electron chi connectivity index (χ0n) is 12.3. The van der Waals surface area contributed by atoms with Crippen LogP contribution < -0.4 is 10.6 Å². The lowest BCUT2D eigenvalue weighted by Gasteiger charge is -2.21. The van der Waals surface area contributed by atoms with Crippen molar-refractivity contribution < 1.29 is 4.79 Å². The summed E-state index contributed by atoms with van der Waals surface area (Å²) in [6.45, 7) is 1.67. The Bertz CT molecular complexity index is 669. The second-order valence-corrected chi connectivity index (χ2v) is 5.60. The number of nitrogens with two attached hydrogens (primary N) is 1. The van der Waals surface area contributed by atoms with Crippen molar-refractivity contribution in [1.29, 1.82) is 0 Å². The van der Waals surface area contributed by atoms with Gasteiger partial charge in [-0.2, -0.15) is 0 Å². The van der Waals surface area contributed by atoms with Crippen molar-refractivity contribution >= 4 is 17.3 Å². The number of nitrogens with zero attached hydrogens (tertiary/aromatic N) is 2. The molecule has 4 heteroatoms. The molecule has 0 unspecified atom stereocenters. The fourth-order valence-corrected chi connectivity index (χ4v) is 2.71. The first-order chi connectivity index (χ1) is 10.1. The maximum Gasteiger partial charge on any atom is 0.253 e. The average Bonchev–Trinajstić information content (AvgIpc) is 2.90. The highest BCUT2D eigenvalue weighted by atomic mass is 16.2. The molecule has 2 aromatic carbocycles. The van der Waals surface area contributed by atoms with E-state index >= 15 is 0 Å². The molecule has 0 radical (unpaired) electrons. The van der Waals surface area contributed by atoms with Crippen LogP contribution in [0.1, 0.15) is 21.5 Å². The van der Waals surface area contributed by atoms with Crippen LogP contribution in [0.2, 0.25) is 0 Å². The van der Waals surface area contributed by atoms with Crippen LogP contribution in [0.3, 0.4) is 0 Å². The van der Waals surface area contributed by atoms with E-state index in [1.165, 1.54) is 11.1 Å². The van der Waals surface area contributed by atoms with Gasteiger partial charge in [0.1, 0.15) is 0 Å². The third kappa shape index (κ3) is 2.44. The molecule has 2 aromatic rings. The molecular formula is C17H19N3O. The number of anilines is 2. The summed E-state index contributed by atoms with van der Waals surface area (Å²) < 4.78 is 0. The Morgan fingerprint density at radius 2 is 1.71 bits per heavy atom. The lowest BCUT2D eigenvalue weighted by molar-refractivity contribution is 0.0827. The summed E-state index contributed by atoms with van der Waals surface area (Å²) in [5.41, 5.74) is 11.1. The van der Waals surface area contributed by atoms with Gasteiger partial charge < -0.3 is 15.5 Å². The summed E-state index contributed by atoms with van der Waals surface area (Å²) >= 11 is 0. The lowest BCUT2D eigenvalue weighted by atomic mass is 10.1. The maximum absolute atomic E-state index is 12.1. The zero-order valence-corrected chi connectivity index (χ0v) is 12.3. The number of carbonyl (C=O) groups excluding carboxylic acids is 1. The first-order valence-electron chi connectivity index (χ1n) is 6.99. The van der Waals surface area contributed by atoms with Gasteiger partial charge in [0, 0.05) is 32.7 Å². The van der Waals surface area contributed by atoms with Crippen molar-refractivity contribution in [2.24, 2.45) is 0 Å². The highest BCUT2D eigenvalue weighted by Gasteiger charge is 2.21. The summed E-state index contributed by atoms with van der Waals surface area (Å²) in [5.74, 6) is -0.00652. The molecule has 1 amide bonds. The minimum absolute atomic E-state index is 0.00652. The average molecular weight is 281 g/mol. The van der Waals surface area contributed by atoms with Crippen molar-refractivity contribution in [3.63, 3.8) is 0 Å². The number of amides is 1. The molecule has 1 aliphatic heterocycles. The van der Waals surface area contributed by atoms with E-state index in [1.807, 2.05) is 12.1 Å². The van der Waals surface area contributed by atoms with E-state index in [0.29, 0.717) is 11.3 Å². The Hall–Kier alpha value is -2.49. The second kappa shape index (κ2) is 5.13. The number of nitrogen functional groups attached to an aromatic ring is 1. The van der Waals surface area contributed by atoms with Gasteiger partial charge in [-0.25, -0.2) is 0 Å². The first kappa shape index (κ1) is 13.5. The summed E-state index contributed by atoms with van der Waals surface area (Å²) in [5, 5.41) is 0. The fourth-order valence-electron chi connectivity index (χ4n) is 2.71. The largest absolute Gasteiger partial charge is 0.397 e. The SMILES string of the molecule is CN(C)C(=O)c1ccc(N)c(N2Cc3ccccc3C2)c1. The molecule has 1 heterocycles. The molecular weight excluding hydrogens is 262 g/mol. The van der Waals surface area contributed by atoms with Crippen LogP contribution >= 0.6 is 0 Å². The molecule has 0 saturated carbocycles. The Labute approximate surface area is 124 Å². The van der Waals surface area contributed by atoms with Crippen molar-refractivity contribution in [2.45, 2.75) is 13.1 Å². The van der Waals surface area contributed by atoms with Crippen LogP contribution in [0.5, 0.6) is 0 Å². The van der Waals surface area contributed by atoms with Gasteiger partial charge in [0.05, 0.1) is 11.4 Å². The first-order valence-corrected chi connectivity index (χ1v) is 6.99. The quantitative estimate of drug-likeness (QED) is 0.860. The number of benzene rings is 2. The van der Waals surface area contributed by atoms with E-state index in [4.69, 9.17) is 5.73 Å². The Morgan fingerprint density at radius 3 is 2.29 bits per heavy atom. The topological polar surface area (TPSA) is 49.6 Å². The number of carbonyl (C=O) groups is 1. The van der Waals surface area contributed by atoms with E-state index in [0.717, 1.165) is 18.8 Å². The highest BCUT2D eigenvalue weighted by molar-refractivity contribution is 5.96. The molecule has 0 bridgehead atoms. The summed E-state index contributed by atoms with van der Waals surface area (Å²) in [6, 6.07) is 13.9. The van der Waals surface area contributed by atoms with Crippen LogP contribution in [0.15, 0.2) is 42.5 Å². The van der Waals surface area contributed by atoms with E-state index in [9.17, 15) is 4.79 Å². The van der Waals surface area contributed by atoms with Gasteiger partial charge in [-0.15, -0.1) is 0 Å². The monoisotopic (exact) mass is 281 g/mol. The summed E-state index contributed by atoms with van der Waals surface area (Å²) in [7, 11) is 3.51. The van der Waals surface area contributed by atoms with E-state index in [1.54, 1.807) is 25.1 Å². The van der Waals surface area contributed by atoms with Crippen molar-refractivity contribution in [1.82, 2.24) is 4.90 Å². The number of fused-ring (bicyclic) bond motifs is 1. The molecule has 0 saturated heterocycles. The minimum Gasteiger partial charge on any atom is -0.397 e. The number of hydrogen-bond acceptors (Lipinski definition) is 3. The number of rotatable bonds is 2. The second-order valence-electron chi connectivity index (χ2n) is 5.60. The maximum atomic E-state index is 12.1. The van der Waals surface area contributed by atoms with Crippen LogP contribution in [0.25, 0.3) is 0 Å². The zero-order chi connectivity index (χ0) is 15.0. The van der Waals surface area contributed by atoms with Crippen molar-refractivity contribution in [2.75, 3.05) is 24.7 Å². The van der Waals surface area contributed by atoms with Crippen LogP contribution in [-0.4, -0.2) is 24.9 Å². The van der Waals surface area contributed by atoms with Gasteiger partial charge in [-0.3, -0.25) is 4.79 Å². The molecule has 21 heavy (non-hydrogen) atoms. The molecule has 0 aliphatic carbocycles. The predicted molar refractivity (Wildman–Crippen MR) is 85.2 cm³/mol. The van der Waals surface area contributed by atoms with Gasteiger partial charge in [-0.1, -0.05) is 24.3 Å². The standard InChI is InChI=1S/C17H19N3O/c1-19(2)17(21)12-7-8-15(18)16(9-12)20-10-13-5-3-4-6-14(13)11-20/h3-9H,10-11,18H2,1-2H3. The molecule has 0 aromatic heterocycles. The molecule has 3 rings (SSSR count). The van der Waals surface area contributed by atoms with Gasteiger partial charge in [0.25, 0.3) is 5.91 Å². The predicted octanol–water partition coefficient (Wildman–Crippen LogP) is 2.49. The van der Waals surface area contributed by atoms with Crippen molar-refractivity contribution in [3.05, 3.63) is 59.2 Å². The van der Waals surface area contributed by atoms with Gasteiger partial charge in [0.15, 0.2) is 0 Å². The molecule has 4 nitrogen and oxygen atoms in total. The van der Waals surface area contributed by atoms with E-state index in [2.05, 4.69) is 29.2 Å². The molecule has 2 N–H and O–H groups in total. The van der Waals surface area contributed by atoms with E-state index < -0.39 is 0 Å². The Kier molecular flexibility index (Phi) is 3.29.